The number of pyridine rings is 1. The first kappa shape index (κ1) is 14.8. The van der Waals surface area contributed by atoms with Crippen molar-refractivity contribution in [1.82, 2.24) is 9.88 Å². The molecule has 2 heterocycles. The van der Waals surface area contributed by atoms with Crippen LogP contribution in [0.4, 0.5) is 0 Å². The van der Waals surface area contributed by atoms with Gasteiger partial charge in [0.25, 0.3) is 0 Å². The third-order valence-corrected chi connectivity index (χ3v) is 4.37. The van der Waals surface area contributed by atoms with Crippen molar-refractivity contribution in [3.8, 4) is 0 Å². The third-order valence-electron chi connectivity index (χ3n) is 4.37. The molecule has 3 rings (SSSR count). The number of aromatic nitrogens is 1. The summed E-state index contributed by atoms with van der Waals surface area (Å²) in [4.78, 5) is 18.7. The largest absolute Gasteiger partial charge is 0.342 e. The molecule has 3 nitrogen and oxygen atoms in total. The molecule has 0 saturated carbocycles. The van der Waals surface area contributed by atoms with Gasteiger partial charge >= 0.3 is 0 Å². The summed E-state index contributed by atoms with van der Waals surface area (Å²) >= 11 is 0. The van der Waals surface area contributed by atoms with Crippen LogP contribution < -0.4 is 0 Å². The zero-order valence-electron chi connectivity index (χ0n) is 12.8. The van der Waals surface area contributed by atoms with Gasteiger partial charge in [-0.05, 0) is 30.0 Å². The highest BCUT2D eigenvalue weighted by Crippen LogP contribution is 2.26. The molecule has 1 aromatic carbocycles. The van der Waals surface area contributed by atoms with Crippen molar-refractivity contribution in [3.05, 3.63) is 66.0 Å². The van der Waals surface area contributed by atoms with Gasteiger partial charge in [0.05, 0.1) is 6.42 Å². The Bertz CT molecular complexity index is 597. The minimum absolute atomic E-state index is 0.218. The van der Waals surface area contributed by atoms with E-state index in [-0.39, 0.29) is 5.91 Å². The van der Waals surface area contributed by atoms with Crippen molar-refractivity contribution in [2.75, 3.05) is 13.1 Å². The van der Waals surface area contributed by atoms with Crippen LogP contribution in [0.1, 0.15) is 36.3 Å². The van der Waals surface area contributed by atoms with Crippen LogP contribution in [0.3, 0.4) is 0 Å². The van der Waals surface area contributed by atoms with Crippen LogP contribution in [0.25, 0.3) is 0 Å². The smallest absolute Gasteiger partial charge is 0.227 e. The maximum atomic E-state index is 12.6. The van der Waals surface area contributed by atoms with Crippen molar-refractivity contribution in [2.24, 2.45) is 0 Å². The van der Waals surface area contributed by atoms with Gasteiger partial charge < -0.3 is 4.90 Å². The molecule has 1 fully saturated rings. The molecule has 0 radical (unpaired) electrons. The van der Waals surface area contributed by atoms with Gasteiger partial charge in [-0.2, -0.15) is 0 Å². The second-order valence-corrected chi connectivity index (χ2v) is 5.98. The fourth-order valence-electron chi connectivity index (χ4n) is 3.15. The standard InChI is InChI=1S/C19H22N2O/c22-19(13-16-7-6-11-20-14-16)21-12-5-4-10-18(15-21)17-8-2-1-3-9-17/h1-3,6-9,11,14,18H,4-5,10,12-13,15H2/t18-/m0/s1. The first-order valence-electron chi connectivity index (χ1n) is 8.04. The van der Waals surface area contributed by atoms with Gasteiger partial charge in [0, 0.05) is 31.4 Å². The van der Waals surface area contributed by atoms with E-state index in [0.29, 0.717) is 12.3 Å². The third kappa shape index (κ3) is 3.73. The number of likely N-dealkylation sites (tertiary alicyclic amines) is 1. The molecular weight excluding hydrogens is 272 g/mol. The fourth-order valence-corrected chi connectivity index (χ4v) is 3.15. The Kier molecular flexibility index (Phi) is 4.84. The monoisotopic (exact) mass is 294 g/mol. The molecule has 2 aromatic rings. The zero-order chi connectivity index (χ0) is 15.2. The van der Waals surface area contributed by atoms with Crippen molar-refractivity contribution in [1.29, 1.82) is 0 Å². The molecule has 0 N–H and O–H groups in total. The molecule has 1 atom stereocenters. The second kappa shape index (κ2) is 7.21. The Hall–Kier alpha value is -2.16. The summed E-state index contributed by atoms with van der Waals surface area (Å²) in [6.45, 7) is 1.71. The SMILES string of the molecule is O=C(Cc1cccnc1)N1CCCC[C@H](c2ccccc2)C1. The Labute approximate surface area is 132 Å². The molecule has 1 saturated heterocycles. The lowest BCUT2D eigenvalue weighted by Gasteiger charge is -2.25. The lowest BCUT2D eigenvalue weighted by atomic mass is 9.94. The van der Waals surface area contributed by atoms with Crippen LogP contribution in [0.2, 0.25) is 0 Å². The minimum Gasteiger partial charge on any atom is -0.342 e. The average molecular weight is 294 g/mol. The Morgan fingerprint density at radius 3 is 2.77 bits per heavy atom. The number of hydrogen-bond donors (Lipinski definition) is 0. The van der Waals surface area contributed by atoms with E-state index in [9.17, 15) is 4.79 Å². The zero-order valence-corrected chi connectivity index (χ0v) is 12.8. The van der Waals surface area contributed by atoms with E-state index in [0.717, 1.165) is 25.1 Å². The van der Waals surface area contributed by atoms with Crippen molar-refractivity contribution < 1.29 is 4.79 Å². The van der Waals surface area contributed by atoms with Crippen molar-refractivity contribution in [3.63, 3.8) is 0 Å². The summed E-state index contributed by atoms with van der Waals surface area (Å²) in [6.07, 6.45) is 7.43. The molecular formula is C19H22N2O. The maximum absolute atomic E-state index is 12.6. The topological polar surface area (TPSA) is 33.2 Å². The van der Waals surface area contributed by atoms with Gasteiger partial charge in [0.1, 0.15) is 0 Å². The van der Waals surface area contributed by atoms with Gasteiger partial charge in [0.15, 0.2) is 0 Å². The summed E-state index contributed by atoms with van der Waals surface area (Å²) in [5, 5.41) is 0. The predicted molar refractivity (Wildman–Crippen MR) is 87.6 cm³/mol. The quantitative estimate of drug-likeness (QED) is 0.869. The van der Waals surface area contributed by atoms with Crippen LogP contribution in [-0.4, -0.2) is 28.9 Å². The highest BCUT2D eigenvalue weighted by molar-refractivity contribution is 5.78. The van der Waals surface area contributed by atoms with Crippen LogP contribution in [0.5, 0.6) is 0 Å². The lowest BCUT2D eigenvalue weighted by molar-refractivity contribution is -0.130. The van der Waals surface area contributed by atoms with Crippen molar-refractivity contribution >= 4 is 5.91 Å². The lowest BCUT2D eigenvalue weighted by Crippen LogP contribution is -2.35. The number of rotatable bonds is 3. The Morgan fingerprint density at radius 1 is 1.14 bits per heavy atom. The van der Waals surface area contributed by atoms with Gasteiger partial charge in [-0.3, -0.25) is 9.78 Å². The predicted octanol–water partition coefficient (Wildman–Crippen LogP) is 3.42. The van der Waals surface area contributed by atoms with E-state index in [1.165, 1.54) is 18.4 Å². The van der Waals surface area contributed by atoms with Crippen LogP contribution in [-0.2, 0) is 11.2 Å². The van der Waals surface area contributed by atoms with E-state index in [1.807, 2.05) is 23.1 Å². The number of benzene rings is 1. The van der Waals surface area contributed by atoms with Gasteiger partial charge in [0.2, 0.25) is 5.91 Å². The van der Waals surface area contributed by atoms with E-state index in [1.54, 1.807) is 12.4 Å². The first-order valence-corrected chi connectivity index (χ1v) is 8.04. The van der Waals surface area contributed by atoms with Crippen LogP contribution in [0, 0.1) is 0 Å². The number of hydrogen-bond acceptors (Lipinski definition) is 2. The summed E-state index contributed by atoms with van der Waals surface area (Å²) < 4.78 is 0. The van der Waals surface area contributed by atoms with Gasteiger partial charge in [-0.25, -0.2) is 0 Å². The highest BCUT2D eigenvalue weighted by atomic mass is 16.2. The minimum atomic E-state index is 0.218. The van der Waals surface area contributed by atoms with Crippen LogP contribution in [0.15, 0.2) is 54.9 Å². The molecule has 1 aliphatic heterocycles. The molecule has 3 heteroatoms. The molecule has 22 heavy (non-hydrogen) atoms. The molecule has 0 unspecified atom stereocenters. The number of nitrogens with zero attached hydrogens (tertiary/aromatic N) is 2. The van der Waals surface area contributed by atoms with Crippen molar-refractivity contribution in [2.45, 2.75) is 31.6 Å². The highest BCUT2D eigenvalue weighted by Gasteiger charge is 2.23. The Balaban J connectivity index is 1.68. The molecule has 1 aromatic heterocycles. The average Bonchev–Trinajstić information content (AvgIpc) is 2.83. The summed E-state index contributed by atoms with van der Waals surface area (Å²) in [5.41, 5.74) is 2.34. The van der Waals surface area contributed by atoms with E-state index in [4.69, 9.17) is 0 Å². The van der Waals surface area contributed by atoms with Crippen LogP contribution >= 0.6 is 0 Å². The second-order valence-electron chi connectivity index (χ2n) is 5.98. The van der Waals surface area contributed by atoms with Gasteiger partial charge in [-0.1, -0.05) is 42.8 Å². The van der Waals surface area contributed by atoms with E-state index in [2.05, 4.69) is 29.2 Å². The molecule has 0 bridgehead atoms. The number of carbonyl (C=O) groups is 1. The molecule has 1 aliphatic rings. The number of carbonyl (C=O) groups excluding carboxylic acids is 1. The molecule has 0 spiro atoms. The number of amides is 1. The maximum Gasteiger partial charge on any atom is 0.227 e. The summed E-state index contributed by atoms with van der Waals surface area (Å²) in [5.74, 6) is 0.678. The molecule has 0 aliphatic carbocycles. The summed E-state index contributed by atoms with van der Waals surface area (Å²) in [7, 11) is 0. The molecule has 114 valence electrons. The van der Waals surface area contributed by atoms with E-state index < -0.39 is 0 Å². The Morgan fingerprint density at radius 2 is 2.00 bits per heavy atom. The first-order chi connectivity index (χ1) is 10.8. The fraction of sp³-hybridized carbons (Fsp3) is 0.368. The molecule has 1 amide bonds. The van der Waals surface area contributed by atoms with E-state index >= 15 is 0 Å². The normalized spacial score (nSPS) is 18.7. The van der Waals surface area contributed by atoms with Gasteiger partial charge in [-0.15, -0.1) is 0 Å². The summed E-state index contributed by atoms with van der Waals surface area (Å²) in [6, 6.07) is 14.4.